The third kappa shape index (κ3) is 1.32. The van der Waals surface area contributed by atoms with E-state index in [9.17, 15) is 5.21 Å². The summed E-state index contributed by atoms with van der Waals surface area (Å²) in [7, 11) is 1.54. The molecule has 1 radical (unpaired) electrons. The lowest BCUT2D eigenvalue weighted by Crippen LogP contribution is -2.24. The monoisotopic (exact) mass is 124 g/mol. The van der Waals surface area contributed by atoms with E-state index >= 15 is 0 Å². The third-order valence-corrected chi connectivity index (χ3v) is 0.944. The molecule has 0 bridgehead atoms. The average molecular weight is 124 g/mol. The Morgan fingerprint density at radius 1 is 1.78 bits per heavy atom. The Kier molecular flexibility index (Phi) is 1.53. The fourth-order valence-corrected chi connectivity index (χ4v) is 0.487. The summed E-state index contributed by atoms with van der Waals surface area (Å²) in [5.41, 5.74) is 0. The minimum absolute atomic E-state index is 0.586. The van der Waals surface area contributed by atoms with Crippen molar-refractivity contribution in [1.82, 2.24) is 0 Å². The Bertz CT molecular complexity index is 183. The number of pyridine rings is 1. The number of rotatable bonds is 1. The van der Waals surface area contributed by atoms with Gasteiger partial charge in [0.25, 0.3) is 6.20 Å². The molecule has 0 amide bonds. The van der Waals surface area contributed by atoms with Crippen LogP contribution in [0.1, 0.15) is 0 Å². The van der Waals surface area contributed by atoms with Crippen LogP contribution in [0.5, 0.6) is 5.75 Å². The highest BCUT2D eigenvalue weighted by Crippen LogP contribution is 2.02. The molecule has 47 valence electrons. The van der Waals surface area contributed by atoms with Crippen molar-refractivity contribution in [3.05, 3.63) is 29.7 Å². The second-order valence-electron chi connectivity index (χ2n) is 1.52. The molecular weight excluding hydrogens is 118 g/mol. The normalized spacial score (nSPS) is 9.00. The van der Waals surface area contributed by atoms with E-state index in [2.05, 4.69) is 6.20 Å². The van der Waals surface area contributed by atoms with Crippen LogP contribution in [0.2, 0.25) is 0 Å². The Hall–Kier alpha value is -1.25. The molecule has 0 aliphatic carbocycles. The summed E-state index contributed by atoms with van der Waals surface area (Å²) in [6.07, 6.45) is 3.72. The van der Waals surface area contributed by atoms with Crippen LogP contribution < -0.4 is 9.47 Å². The molecule has 0 saturated carbocycles. The van der Waals surface area contributed by atoms with Crippen LogP contribution >= 0.6 is 0 Å². The Labute approximate surface area is 53.1 Å². The van der Waals surface area contributed by atoms with Crippen molar-refractivity contribution < 1.29 is 9.47 Å². The number of nitrogens with zero attached hydrogens (tertiary/aromatic N) is 1. The maximum Gasteiger partial charge on any atom is 0.293 e. The summed E-state index contributed by atoms with van der Waals surface area (Å²) in [4.78, 5) is 0. The van der Waals surface area contributed by atoms with E-state index in [-0.39, 0.29) is 0 Å². The van der Waals surface area contributed by atoms with E-state index in [4.69, 9.17) is 4.74 Å². The molecule has 0 spiro atoms. The molecule has 1 rings (SSSR count). The van der Waals surface area contributed by atoms with Gasteiger partial charge < -0.3 is 9.94 Å². The molecule has 9 heavy (non-hydrogen) atoms. The van der Waals surface area contributed by atoms with Crippen molar-refractivity contribution in [3.8, 4) is 5.75 Å². The van der Waals surface area contributed by atoms with Gasteiger partial charge in [-0.25, -0.2) is 0 Å². The molecule has 1 heterocycles. The highest BCUT2D eigenvalue weighted by atomic mass is 16.5. The molecular formula is C6H6NO2. The standard InChI is InChI=1S/C6H6NO2/c1-9-6-2-4-7(8)5-3-6/h2-4H,1H3. The Balaban J connectivity index is 2.88. The summed E-state index contributed by atoms with van der Waals surface area (Å²) in [5.74, 6) is 0.641. The molecule has 1 aromatic rings. The summed E-state index contributed by atoms with van der Waals surface area (Å²) < 4.78 is 5.37. The first-order valence-corrected chi connectivity index (χ1v) is 2.48. The van der Waals surface area contributed by atoms with Gasteiger partial charge in [-0.1, -0.05) is 0 Å². The van der Waals surface area contributed by atoms with Gasteiger partial charge in [-0.05, 0) is 0 Å². The summed E-state index contributed by atoms with van der Waals surface area (Å²) in [6, 6.07) is 3.05. The minimum Gasteiger partial charge on any atom is -0.618 e. The zero-order valence-electron chi connectivity index (χ0n) is 5.00. The highest BCUT2D eigenvalue weighted by Gasteiger charge is 1.91. The van der Waals surface area contributed by atoms with Crippen LogP contribution in [0.15, 0.2) is 18.3 Å². The lowest BCUT2D eigenvalue weighted by molar-refractivity contribution is -0.609. The summed E-state index contributed by atoms with van der Waals surface area (Å²) in [6.45, 7) is 0. The van der Waals surface area contributed by atoms with E-state index in [0.29, 0.717) is 10.5 Å². The SMILES string of the molecule is COc1c[c][n+]([O-])cc1. The van der Waals surface area contributed by atoms with Gasteiger partial charge in [-0.15, -0.1) is 0 Å². The van der Waals surface area contributed by atoms with Crippen molar-refractivity contribution >= 4 is 0 Å². The molecule has 0 aromatic carbocycles. The van der Waals surface area contributed by atoms with Gasteiger partial charge in [0.05, 0.1) is 13.2 Å². The molecule has 0 atom stereocenters. The summed E-state index contributed by atoms with van der Waals surface area (Å²) in [5, 5.41) is 10.3. The van der Waals surface area contributed by atoms with Crippen LogP contribution in [0.25, 0.3) is 0 Å². The van der Waals surface area contributed by atoms with Crippen LogP contribution in [0.3, 0.4) is 0 Å². The molecule has 0 aliphatic rings. The minimum atomic E-state index is 0.586. The fraction of sp³-hybridized carbons (Fsp3) is 0.167. The van der Waals surface area contributed by atoms with Crippen molar-refractivity contribution in [2.75, 3.05) is 7.11 Å². The van der Waals surface area contributed by atoms with Gasteiger partial charge in [-0.3, -0.25) is 0 Å². The maximum atomic E-state index is 10.3. The van der Waals surface area contributed by atoms with Gasteiger partial charge in [0.1, 0.15) is 5.75 Å². The smallest absolute Gasteiger partial charge is 0.293 e. The zero-order chi connectivity index (χ0) is 6.69. The largest absolute Gasteiger partial charge is 0.618 e. The third-order valence-electron chi connectivity index (χ3n) is 0.944. The van der Waals surface area contributed by atoms with E-state index < -0.39 is 0 Å². The predicted molar refractivity (Wildman–Crippen MR) is 30.8 cm³/mol. The van der Waals surface area contributed by atoms with Gasteiger partial charge in [-0.2, -0.15) is 4.73 Å². The van der Waals surface area contributed by atoms with Gasteiger partial charge in [0.15, 0.2) is 6.20 Å². The number of hydrogen-bond donors (Lipinski definition) is 0. The Morgan fingerprint density at radius 3 is 3.00 bits per heavy atom. The van der Waals surface area contributed by atoms with E-state index in [1.165, 1.54) is 19.4 Å². The topological polar surface area (TPSA) is 36.2 Å². The first kappa shape index (κ1) is 5.88. The first-order valence-electron chi connectivity index (χ1n) is 2.48. The van der Waals surface area contributed by atoms with E-state index in [0.717, 1.165) is 0 Å². The van der Waals surface area contributed by atoms with E-state index in [1.807, 2.05) is 0 Å². The predicted octanol–water partition coefficient (Wildman–Crippen LogP) is 0.129. The molecule has 3 heteroatoms. The van der Waals surface area contributed by atoms with Crippen LogP contribution in [-0.2, 0) is 0 Å². The van der Waals surface area contributed by atoms with Crippen molar-refractivity contribution in [1.29, 1.82) is 0 Å². The molecule has 0 saturated heterocycles. The lowest BCUT2D eigenvalue weighted by Gasteiger charge is -1.95. The van der Waals surface area contributed by atoms with Crippen LogP contribution in [-0.4, -0.2) is 7.11 Å². The highest BCUT2D eigenvalue weighted by molar-refractivity contribution is 5.13. The lowest BCUT2D eigenvalue weighted by atomic mass is 10.5. The zero-order valence-corrected chi connectivity index (χ0v) is 5.00. The summed E-state index contributed by atoms with van der Waals surface area (Å²) >= 11 is 0. The van der Waals surface area contributed by atoms with Crippen molar-refractivity contribution in [2.24, 2.45) is 0 Å². The van der Waals surface area contributed by atoms with Gasteiger partial charge in [0.2, 0.25) is 0 Å². The van der Waals surface area contributed by atoms with Gasteiger partial charge >= 0.3 is 0 Å². The molecule has 3 nitrogen and oxygen atoms in total. The Morgan fingerprint density at radius 2 is 2.56 bits per heavy atom. The van der Waals surface area contributed by atoms with Crippen molar-refractivity contribution in [2.45, 2.75) is 0 Å². The molecule has 0 unspecified atom stereocenters. The molecule has 1 aromatic heterocycles. The fourth-order valence-electron chi connectivity index (χ4n) is 0.487. The number of methoxy groups -OCH3 is 1. The second kappa shape index (κ2) is 2.35. The van der Waals surface area contributed by atoms with E-state index in [1.54, 1.807) is 6.07 Å². The van der Waals surface area contributed by atoms with Gasteiger partial charge in [0, 0.05) is 6.07 Å². The molecule has 0 fully saturated rings. The maximum absolute atomic E-state index is 10.3. The number of aromatic nitrogens is 1. The van der Waals surface area contributed by atoms with Crippen LogP contribution in [0, 0.1) is 11.4 Å². The average Bonchev–Trinajstić information content (AvgIpc) is 1.90. The number of hydrogen-bond acceptors (Lipinski definition) is 2. The second-order valence-corrected chi connectivity index (χ2v) is 1.52. The molecule has 0 N–H and O–H groups in total. The van der Waals surface area contributed by atoms with Crippen molar-refractivity contribution in [3.63, 3.8) is 0 Å². The first-order chi connectivity index (χ1) is 4.33. The molecule has 0 aliphatic heterocycles. The quantitative estimate of drug-likeness (QED) is 0.394. The van der Waals surface area contributed by atoms with Crippen LogP contribution in [0.4, 0.5) is 0 Å². The number of ether oxygens (including phenoxy) is 1.